The third-order valence-corrected chi connectivity index (χ3v) is 9.14. The molecule has 1 unspecified atom stereocenters. The normalized spacial score (nSPS) is 25.3. The number of benzene rings is 2. The number of hydrogen-bond acceptors (Lipinski definition) is 4. The third-order valence-electron chi connectivity index (χ3n) is 7.95. The summed E-state index contributed by atoms with van der Waals surface area (Å²) in [6, 6.07) is 14.3. The van der Waals surface area contributed by atoms with Crippen molar-refractivity contribution in [2.75, 3.05) is 5.32 Å². The zero-order valence-electron chi connectivity index (χ0n) is 21.8. The zero-order valence-corrected chi connectivity index (χ0v) is 25.5. The van der Waals surface area contributed by atoms with Crippen molar-refractivity contribution in [3.05, 3.63) is 103 Å². The Balaban J connectivity index is 1.57. The van der Waals surface area contributed by atoms with E-state index < -0.39 is 11.5 Å². The van der Waals surface area contributed by atoms with Crippen LogP contribution in [-0.2, 0) is 15.0 Å². The fraction of sp³-hybridized carbons (Fsp3) is 0.258. The van der Waals surface area contributed by atoms with Crippen molar-refractivity contribution in [2.24, 2.45) is 11.8 Å². The number of nitrogens with one attached hydrogen (secondary N) is 2. The fourth-order valence-corrected chi connectivity index (χ4v) is 7.40. The van der Waals surface area contributed by atoms with Crippen LogP contribution in [0.4, 0.5) is 5.69 Å². The highest BCUT2D eigenvalue weighted by Gasteiger charge is 2.62. The smallest absolute Gasteiger partial charge is 0.237 e. The molecule has 2 aromatic carbocycles. The highest BCUT2D eigenvalue weighted by Crippen LogP contribution is 2.58. The first-order chi connectivity index (χ1) is 19.1. The van der Waals surface area contributed by atoms with E-state index >= 15 is 0 Å². The number of amides is 2. The van der Waals surface area contributed by atoms with Gasteiger partial charge in [0.1, 0.15) is 16.9 Å². The average molecular weight is 686 g/mol. The molecule has 3 aromatic rings. The molecule has 1 aromatic heterocycles. The van der Waals surface area contributed by atoms with Gasteiger partial charge in [-0.1, -0.05) is 41.4 Å². The largest absolute Gasteiger partial charge is 0.457 e. The molecular formula is C31H26Cl2IN3O3. The minimum absolute atomic E-state index is 0.129. The Bertz CT molecular complexity index is 1600. The Labute approximate surface area is 256 Å². The van der Waals surface area contributed by atoms with Gasteiger partial charge in [-0.05, 0) is 96.7 Å². The van der Waals surface area contributed by atoms with Crippen molar-refractivity contribution in [2.45, 2.75) is 38.1 Å². The lowest BCUT2D eigenvalue weighted by molar-refractivity contribution is -0.135. The zero-order chi connectivity index (χ0) is 28.2. The summed E-state index contributed by atoms with van der Waals surface area (Å²) in [6.45, 7) is 3.83. The molecule has 0 saturated carbocycles. The second-order valence-electron chi connectivity index (χ2n) is 10.6. The first-order valence-electron chi connectivity index (χ1n) is 13.0. The molecule has 1 saturated heterocycles. The topological polar surface area (TPSA) is 80.3 Å². The molecule has 6 rings (SSSR count). The molecule has 9 heteroatoms. The third kappa shape index (κ3) is 4.72. The van der Waals surface area contributed by atoms with E-state index in [0.717, 1.165) is 26.1 Å². The van der Waals surface area contributed by atoms with Crippen LogP contribution in [-0.4, -0.2) is 16.8 Å². The lowest BCUT2D eigenvalue weighted by atomic mass is 9.57. The summed E-state index contributed by atoms with van der Waals surface area (Å²) in [7, 11) is 0. The molecule has 2 aliphatic heterocycles. The molecule has 6 nitrogen and oxygen atoms in total. The summed E-state index contributed by atoms with van der Waals surface area (Å²) >= 11 is 15.1. The van der Waals surface area contributed by atoms with E-state index in [1.165, 1.54) is 0 Å². The quantitative estimate of drug-likeness (QED) is 0.279. The van der Waals surface area contributed by atoms with Crippen LogP contribution in [0.1, 0.15) is 41.4 Å². The van der Waals surface area contributed by atoms with Crippen molar-refractivity contribution in [3.8, 4) is 11.5 Å². The minimum atomic E-state index is -1.13. The fourth-order valence-electron chi connectivity index (χ4n) is 6.46. The minimum Gasteiger partial charge on any atom is -0.457 e. The maximum absolute atomic E-state index is 14.4. The van der Waals surface area contributed by atoms with E-state index in [2.05, 4.69) is 44.3 Å². The van der Waals surface area contributed by atoms with Gasteiger partial charge in [-0.25, -0.2) is 0 Å². The molecular weight excluding hydrogens is 660 g/mol. The standard InChI is InChI=1S/C31H26Cl2IN3O3/c1-16-10-22(11-17(2)35-16)40-27-9-7-21(34)14-23(27)29-31(24-8-6-20(33)13-26(24)36-30(31)39)25(15-28(38)37-29)18-4-3-5-19(32)12-18/h3-11,13-14,18,25,29H,12,15H2,1-2H3,(H,36,39)(H,37,38)/t18?,25-,29-,31-/m0/s1. The number of aryl methyl sites for hydroxylation is 2. The van der Waals surface area contributed by atoms with Gasteiger partial charge >= 0.3 is 0 Å². The average Bonchev–Trinajstić information content (AvgIpc) is 3.16. The lowest BCUT2D eigenvalue weighted by Crippen LogP contribution is -2.59. The van der Waals surface area contributed by atoms with E-state index in [1.54, 1.807) is 12.1 Å². The summed E-state index contributed by atoms with van der Waals surface area (Å²) in [6.07, 6.45) is 6.55. The monoisotopic (exact) mass is 685 g/mol. The van der Waals surface area contributed by atoms with E-state index in [0.29, 0.717) is 33.7 Å². The number of ether oxygens (including phenoxy) is 1. The van der Waals surface area contributed by atoms with Crippen LogP contribution in [0.2, 0.25) is 5.02 Å². The van der Waals surface area contributed by atoms with Crippen LogP contribution in [0.15, 0.2) is 71.8 Å². The number of piperidine rings is 1. The predicted octanol–water partition coefficient (Wildman–Crippen LogP) is 7.51. The number of aromatic nitrogens is 1. The second-order valence-corrected chi connectivity index (χ2v) is 12.7. The molecule has 4 atom stereocenters. The first kappa shape index (κ1) is 27.3. The Kier molecular flexibility index (Phi) is 7.17. The summed E-state index contributed by atoms with van der Waals surface area (Å²) < 4.78 is 7.42. The Hall–Kier alpha value is -2.88. The van der Waals surface area contributed by atoms with Crippen molar-refractivity contribution in [1.82, 2.24) is 10.3 Å². The summed E-state index contributed by atoms with van der Waals surface area (Å²) in [4.78, 5) is 32.3. The van der Waals surface area contributed by atoms with Crippen LogP contribution in [0.3, 0.4) is 0 Å². The van der Waals surface area contributed by atoms with Crippen molar-refractivity contribution in [3.63, 3.8) is 0 Å². The van der Waals surface area contributed by atoms with Gasteiger partial charge in [0, 0.05) is 54.8 Å². The number of hydrogen-bond donors (Lipinski definition) is 2. The number of fused-ring (bicyclic) bond motifs is 2. The van der Waals surface area contributed by atoms with Gasteiger partial charge in [-0.15, -0.1) is 0 Å². The Morgan fingerprint density at radius 3 is 2.55 bits per heavy atom. The molecule has 3 heterocycles. The predicted molar refractivity (Wildman–Crippen MR) is 165 cm³/mol. The van der Waals surface area contributed by atoms with E-state index in [-0.39, 0.29) is 30.1 Å². The van der Waals surface area contributed by atoms with Gasteiger partial charge in [-0.3, -0.25) is 14.6 Å². The van der Waals surface area contributed by atoms with E-state index in [9.17, 15) is 9.59 Å². The maximum atomic E-state index is 14.4. The molecule has 2 N–H and O–H groups in total. The van der Waals surface area contributed by atoms with E-state index in [4.69, 9.17) is 27.9 Å². The molecule has 3 aliphatic rings. The highest BCUT2D eigenvalue weighted by molar-refractivity contribution is 14.1. The molecule has 1 fully saturated rings. The molecule has 204 valence electrons. The summed E-state index contributed by atoms with van der Waals surface area (Å²) in [5.74, 6) is 0.382. The Morgan fingerprint density at radius 1 is 1.02 bits per heavy atom. The SMILES string of the molecule is Cc1cc(Oc2ccc(I)cc2[C@@H]2NC(=O)C[C@@H](C3C=CC=C(Cl)C3)[C@]23C(=O)Nc2cc(Cl)ccc23)cc(C)n1. The molecule has 1 spiro atoms. The van der Waals surface area contributed by atoms with Crippen LogP contribution in [0.25, 0.3) is 0 Å². The molecule has 0 radical (unpaired) electrons. The van der Waals surface area contributed by atoms with Crippen molar-refractivity contribution in [1.29, 1.82) is 0 Å². The second kappa shape index (κ2) is 10.5. The number of rotatable bonds is 4. The number of allylic oxidation sites excluding steroid dienone is 4. The molecule has 1 aliphatic carbocycles. The van der Waals surface area contributed by atoms with Crippen LogP contribution in [0.5, 0.6) is 11.5 Å². The lowest BCUT2D eigenvalue weighted by Gasteiger charge is -2.49. The van der Waals surface area contributed by atoms with E-state index in [1.807, 2.05) is 62.4 Å². The first-order valence-corrected chi connectivity index (χ1v) is 14.8. The van der Waals surface area contributed by atoms with Crippen LogP contribution < -0.4 is 15.4 Å². The molecule has 0 bridgehead atoms. The van der Waals surface area contributed by atoms with Crippen LogP contribution in [0, 0.1) is 29.3 Å². The van der Waals surface area contributed by atoms with Crippen molar-refractivity contribution < 1.29 is 14.3 Å². The number of halogens is 3. The summed E-state index contributed by atoms with van der Waals surface area (Å²) in [5, 5.41) is 7.52. The van der Waals surface area contributed by atoms with Gasteiger partial charge < -0.3 is 15.4 Å². The Morgan fingerprint density at radius 2 is 1.80 bits per heavy atom. The van der Waals surface area contributed by atoms with Crippen LogP contribution >= 0.6 is 45.8 Å². The van der Waals surface area contributed by atoms with Gasteiger partial charge in [0.2, 0.25) is 11.8 Å². The molecule has 40 heavy (non-hydrogen) atoms. The maximum Gasteiger partial charge on any atom is 0.237 e. The number of carbonyl (C=O) groups excluding carboxylic acids is 2. The number of pyridine rings is 1. The highest BCUT2D eigenvalue weighted by atomic mass is 127. The summed E-state index contributed by atoms with van der Waals surface area (Å²) in [5.41, 5.74) is 2.70. The van der Waals surface area contributed by atoms with Gasteiger partial charge in [0.15, 0.2) is 0 Å². The number of anilines is 1. The number of carbonyl (C=O) groups is 2. The van der Waals surface area contributed by atoms with Gasteiger partial charge in [0.25, 0.3) is 0 Å². The molecule has 2 amide bonds. The van der Waals surface area contributed by atoms with Gasteiger partial charge in [0.05, 0.1) is 6.04 Å². The van der Waals surface area contributed by atoms with Gasteiger partial charge in [-0.2, -0.15) is 0 Å². The number of nitrogens with zero attached hydrogens (tertiary/aromatic N) is 1. The van der Waals surface area contributed by atoms with Crippen molar-refractivity contribution >= 4 is 63.3 Å².